The summed E-state index contributed by atoms with van der Waals surface area (Å²) in [5, 5.41) is 3.84. The number of benzene rings is 3. The molecular formula is C27H24F2N3O3P. The lowest BCUT2D eigenvalue weighted by Crippen LogP contribution is -2.28. The molecule has 2 atom stereocenters. The fraction of sp³-hybridized carbons (Fsp3) is 0.259. The summed E-state index contributed by atoms with van der Waals surface area (Å²) in [6, 6.07) is 15.8. The highest BCUT2D eigenvalue weighted by molar-refractivity contribution is 7.70. The molecule has 0 radical (unpaired) electrons. The molecule has 9 heteroatoms. The fourth-order valence-corrected chi connectivity index (χ4v) is 6.42. The van der Waals surface area contributed by atoms with Gasteiger partial charge >= 0.3 is 6.61 Å². The van der Waals surface area contributed by atoms with Gasteiger partial charge in [-0.1, -0.05) is 24.3 Å². The SMILES string of the molecule is Cc1cc(P(C)(C)=O)ccc1-c1ccc2nc3n(c2c1)[C@@H]1C[C@H]3NC(=O)c2cccc(OC(F)F)c21. The summed E-state index contributed by atoms with van der Waals surface area (Å²) in [5.74, 6) is 0.378. The number of nitrogens with zero attached hydrogens (tertiary/aromatic N) is 2. The Balaban J connectivity index is 1.53. The van der Waals surface area contributed by atoms with Crippen molar-refractivity contribution >= 4 is 29.4 Å². The van der Waals surface area contributed by atoms with Crippen molar-refractivity contribution < 1.29 is 22.9 Å². The first-order valence-electron chi connectivity index (χ1n) is 11.7. The van der Waals surface area contributed by atoms with E-state index < -0.39 is 13.8 Å². The maximum absolute atomic E-state index is 13.2. The van der Waals surface area contributed by atoms with E-state index in [4.69, 9.17) is 9.72 Å². The zero-order chi connectivity index (χ0) is 25.4. The molecule has 0 saturated carbocycles. The first-order chi connectivity index (χ1) is 17.1. The van der Waals surface area contributed by atoms with Crippen LogP contribution in [-0.4, -0.2) is 35.4 Å². The minimum absolute atomic E-state index is 0.00384. The van der Waals surface area contributed by atoms with Crippen LogP contribution in [0.4, 0.5) is 8.78 Å². The van der Waals surface area contributed by atoms with Crippen molar-refractivity contribution in [1.29, 1.82) is 0 Å². The number of hydrogen-bond donors (Lipinski definition) is 1. The molecule has 3 heterocycles. The van der Waals surface area contributed by atoms with Crippen LogP contribution in [0.5, 0.6) is 5.75 Å². The number of carbonyl (C=O) groups excluding carboxylic acids is 1. The number of aromatic nitrogens is 2. The van der Waals surface area contributed by atoms with E-state index in [1.807, 2.05) is 47.9 Å². The van der Waals surface area contributed by atoms with Gasteiger partial charge in [0.1, 0.15) is 18.7 Å². The highest BCUT2D eigenvalue weighted by Gasteiger charge is 2.42. The lowest BCUT2D eigenvalue weighted by atomic mass is 9.97. The van der Waals surface area contributed by atoms with E-state index in [2.05, 4.69) is 5.32 Å². The summed E-state index contributed by atoms with van der Waals surface area (Å²) in [4.78, 5) is 17.7. The average Bonchev–Trinajstić information content (AvgIpc) is 3.30. The molecule has 2 bridgehead atoms. The fourth-order valence-electron chi connectivity index (χ4n) is 5.48. The summed E-state index contributed by atoms with van der Waals surface area (Å²) in [6.07, 6.45) is 0.501. The van der Waals surface area contributed by atoms with E-state index >= 15 is 0 Å². The summed E-state index contributed by atoms with van der Waals surface area (Å²) in [6.45, 7) is 2.51. The van der Waals surface area contributed by atoms with Gasteiger partial charge in [0, 0.05) is 16.4 Å². The molecule has 3 aromatic carbocycles. The zero-order valence-electron chi connectivity index (χ0n) is 20.0. The maximum atomic E-state index is 13.2. The van der Waals surface area contributed by atoms with E-state index in [-0.39, 0.29) is 23.7 Å². The van der Waals surface area contributed by atoms with Crippen LogP contribution in [0.1, 0.15) is 45.8 Å². The monoisotopic (exact) mass is 507 g/mol. The van der Waals surface area contributed by atoms with Gasteiger partial charge in [-0.2, -0.15) is 8.78 Å². The predicted molar refractivity (Wildman–Crippen MR) is 135 cm³/mol. The van der Waals surface area contributed by atoms with Crippen LogP contribution < -0.4 is 15.4 Å². The Bertz CT molecular complexity index is 1610. The maximum Gasteiger partial charge on any atom is 0.387 e. The van der Waals surface area contributed by atoms with Gasteiger partial charge in [0.2, 0.25) is 0 Å². The number of rotatable bonds is 4. The number of nitrogens with one attached hydrogen (secondary N) is 1. The van der Waals surface area contributed by atoms with Gasteiger partial charge < -0.3 is 19.2 Å². The van der Waals surface area contributed by atoms with Crippen LogP contribution in [0.25, 0.3) is 22.2 Å². The van der Waals surface area contributed by atoms with Gasteiger partial charge in [0.25, 0.3) is 5.91 Å². The van der Waals surface area contributed by atoms with Crippen LogP contribution in [0.15, 0.2) is 54.6 Å². The third kappa shape index (κ3) is 3.54. The van der Waals surface area contributed by atoms with Gasteiger partial charge in [-0.05, 0) is 73.7 Å². The second-order valence-corrected chi connectivity index (χ2v) is 13.0. The molecule has 0 unspecified atom stereocenters. The predicted octanol–water partition coefficient (Wildman–Crippen LogP) is 5.64. The molecule has 6 nitrogen and oxygen atoms in total. The lowest BCUT2D eigenvalue weighted by Gasteiger charge is -2.21. The van der Waals surface area contributed by atoms with Crippen molar-refractivity contribution in [3.8, 4) is 16.9 Å². The number of aryl methyl sites for hydroxylation is 1. The van der Waals surface area contributed by atoms with Crippen LogP contribution >= 0.6 is 7.14 Å². The van der Waals surface area contributed by atoms with E-state index in [0.29, 0.717) is 23.4 Å². The summed E-state index contributed by atoms with van der Waals surface area (Å²) < 4.78 is 45.9. The second kappa shape index (κ2) is 8.00. The zero-order valence-corrected chi connectivity index (χ0v) is 20.9. The summed E-state index contributed by atoms with van der Waals surface area (Å²) in [5.41, 5.74) is 5.38. The number of halogens is 2. The van der Waals surface area contributed by atoms with Crippen LogP contribution in [-0.2, 0) is 4.57 Å². The van der Waals surface area contributed by atoms with E-state index in [0.717, 1.165) is 33.0 Å². The summed E-state index contributed by atoms with van der Waals surface area (Å²) >= 11 is 0. The van der Waals surface area contributed by atoms with Crippen molar-refractivity contribution in [2.75, 3.05) is 13.3 Å². The van der Waals surface area contributed by atoms with Crippen LogP contribution in [0.3, 0.4) is 0 Å². The van der Waals surface area contributed by atoms with E-state index in [1.165, 1.54) is 6.07 Å². The average molecular weight is 507 g/mol. The second-order valence-electron chi connectivity index (χ2n) is 9.77. The van der Waals surface area contributed by atoms with Gasteiger partial charge in [0.15, 0.2) is 0 Å². The number of ether oxygens (including phenoxy) is 1. The molecule has 36 heavy (non-hydrogen) atoms. The topological polar surface area (TPSA) is 73.2 Å². The Morgan fingerprint density at radius 2 is 1.92 bits per heavy atom. The van der Waals surface area contributed by atoms with Crippen molar-refractivity contribution in [3.05, 3.63) is 77.1 Å². The van der Waals surface area contributed by atoms with Crippen molar-refractivity contribution in [1.82, 2.24) is 14.9 Å². The molecule has 0 spiro atoms. The number of amides is 1. The smallest absolute Gasteiger partial charge is 0.387 e. The van der Waals surface area contributed by atoms with Gasteiger partial charge in [-0.3, -0.25) is 4.79 Å². The Morgan fingerprint density at radius 1 is 1.11 bits per heavy atom. The summed E-state index contributed by atoms with van der Waals surface area (Å²) in [7, 11) is -2.38. The molecule has 4 aromatic rings. The largest absolute Gasteiger partial charge is 0.434 e. The first-order valence-corrected chi connectivity index (χ1v) is 14.3. The normalized spacial score (nSPS) is 18.7. The minimum atomic E-state index is -3.00. The molecular weight excluding hydrogens is 483 g/mol. The number of carbonyl (C=O) groups is 1. The Hall–Kier alpha value is -3.51. The quantitative estimate of drug-likeness (QED) is 0.363. The lowest BCUT2D eigenvalue weighted by molar-refractivity contribution is -0.0507. The number of alkyl halides is 2. The number of imidazole rings is 1. The van der Waals surface area contributed by atoms with Crippen molar-refractivity contribution in [3.63, 3.8) is 0 Å². The van der Waals surface area contributed by atoms with Crippen molar-refractivity contribution in [2.45, 2.75) is 32.0 Å². The third-order valence-electron chi connectivity index (χ3n) is 7.11. The molecule has 0 aliphatic carbocycles. The Labute approximate surface area is 206 Å². The van der Waals surface area contributed by atoms with Crippen molar-refractivity contribution in [2.24, 2.45) is 0 Å². The van der Waals surface area contributed by atoms with Gasteiger partial charge in [-0.25, -0.2) is 4.98 Å². The first kappa shape index (κ1) is 22.9. The molecule has 184 valence electrons. The molecule has 0 saturated heterocycles. The van der Waals surface area contributed by atoms with E-state index in [9.17, 15) is 18.1 Å². The van der Waals surface area contributed by atoms with Gasteiger partial charge in [-0.15, -0.1) is 0 Å². The van der Waals surface area contributed by atoms with Crippen LogP contribution in [0.2, 0.25) is 0 Å². The Kier molecular flexibility index (Phi) is 5.09. The molecule has 1 N–H and O–H groups in total. The number of fused-ring (bicyclic) bond motifs is 9. The van der Waals surface area contributed by atoms with E-state index in [1.54, 1.807) is 25.5 Å². The molecule has 1 aromatic heterocycles. The molecule has 6 rings (SSSR count). The number of hydrogen-bond acceptors (Lipinski definition) is 4. The highest BCUT2D eigenvalue weighted by Crippen LogP contribution is 2.48. The Morgan fingerprint density at radius 3 is 2.64 bits per heavy atom. The molecule has 2 aliphatic rings. The molecule has 1 amide bonds. The third-order valence-corrected chi connectivity index (χ3v) is 8.63. The molecule has 2 aliphatic heterocycles. The standard InChI is InChI=1S/C27H24F2N3O3P/c1-14-11-16(36(2,3)34)8-9-17(14)15-7-10-19-21(12-15)32-22-13-20(25(32)30-19)31-26(33)18-5-4-6-23(24(18)22)35-27(28)29/h4-12,20,22,27H,13H2,1-3H3,(H,31,33)/t20-,22-/m1/s1. The minimum Gasteiger partial charge on any atom is -0.434 e. The highest BCUT2D eigenvalue weighted by atomic mass is 31.2. The molecule has 0 fully saturated rings. The van der Waals surface area contributed by atoms with Crippen LogP contribution in [0, 0.1) is 6.92 Å². The van der Waals surface area contributed by atoms with Gasteiger partial charge in [0.05, 0.1) is 23.1 Å².